The van der Waals surface area contributed by atoms with Crippen molar-refractivity contribution in [2.45, 2.75) is 24.7 Å². The highest BCUT2D eigenvalue weighted by Gasteiger charge is 2.14. The number of amides is 1. The van der Waals surface area contributed by atoms with E-state index in [1.165, 1.54) is 0 Å². The summed E-state index contributed by atoms with van der Waals surface area (Å²) in [5, 5.41) is 2.49. The highest BCUT2D eigenvalue weighted by molar-refractivity contribution is 7.81. The van der Waals surface area contributed by atoms with E-state index in [1.54, 1.807) is 7.11 Å². The number of ether oxygens (including phenoxy) is 1. The third kappa shape index (κ3) is 5.24. The fourth-order valence-corrected chi connectivity index (χ4v) is 1.68. The molecule has 1 rings (SSSR count). The number of methoxy groups -OCH3 is 1. The van der Waals surface area contributed by atoms with E-state index in [9.17, 15) is 4.79 Å². The van der Waals surface area contributed by atoms with E-state index < -0.39 is 0 Å². The zero-order valence-corrected chi connectivity index (χ0v) is 11.1. The van der Waals surface area contributed by atoms with Crippen LogP contribution in [-0.4, -0.2) is 30.9 Å². The molecule has 1 aromatic rings. The molecule has 1 amide bonds. The maximum Gasteiger partial charge on any atom is 0.233 e. The molecule has 0 aliphatic heterocycles. The summed E-state index contributed by atoms with van der Waals surface area (Å²) in [6.45, 7) is 2.42. The van der Waals surface area contributed by atoms with Crippen LogP contribution < -0.4 is 5.32 Å². The third-order valence-corrected chi connectivity index (χ3v) is 2.96. The van der Waals surface area contributed by atoms with Crippen LogP contribution in [0, 0.1) is 0 Å². The Morgan fingerprint density at radius 2 is 2.06 bits per heavy atom. The SMILES string of the molecule is COC(C)CNC(=O)C(S)Cc1ccccc1. The molecule has 0 heterocycles. The number of carbonyl (C=O) groups is 1. The zero-order chi connectivity index (χ0) is 12.7. The predicted molar refractivity (Wildman–Crippen MR) is 72.4 cm³/mol. The Morgan fingerprint density at radius 1 is 1.41 bits per heavy atom. The number of hydrogen-bond acceptors (Lipinski definition) is 3. The number of carbonyl (C=O) groups excluding carboxylic acids is 1. The minimum Gasteiger partial charge on any atom is -0.380 e. The Hall–Kier alpha value is -1.00. The van der Waals surface area contributed by atoms with E-state index in [1.807, 2.05) is 37.3 Å². The molecule has 1 N–H and O–H groups in total. The molecule has 0 aliphatic carbocycles. The number of hydrogen-bond donors (Lipinski definition) is 2. The first-order valence-electron chi connectivity index (χ1n) is 5.66. The van der Waals surface area contributed by atoms with E-state index in [0.29, 0.717) is 13.0 Å². The molecule has 0 fully saturated rings. The van der Waals surface area contributed by atoms with Gasteiger partial charge in [-0.25, -0.2) is 0 Å². The van der Waals surface area contributed by atoms with Crippen molar-refractivity contribution in [1.29, 1.82) is 0 Å². The first-order valence-corrected chi connectivity index (χ1v) is 6.17. The molecule has 4 heteroatoms. The summed E-state index contributed by atoms with van der Waals surface area (Å²) in [6, 6.07) is 9.86. The van der Waals surface area contributed by atoms with Gasteiger partial charge in [-0.3, -0.25) is 4.79 Å². The lowest BCUT2D eigenvalue weighted by Crippen LogP contribution is -2.37. The lowest BCUT2D eigenvalue weighted by atomic mass is 10.1. The third-order valence-electron chi connectivity index (χ3n) is 2.54. The summed E-state index contributed by atoms with van der Waals surface area (Å²) in [5.41, 5.74) is 1.11. The van der Waals surface area contributed by atoms with Crippen LogP contribution in [0.25, 0.3) is 0 Å². The maximum absolute atomic E-state index is 11.7. The van der Waals surface area contributed by atoms with Gasteiger partial charge in [0.05, 0.1) is 11.4 Å². The normalized spacial score (nSPS) is 14.1. The van der Waals surface area contributed by atoms with Crippen LogP contribution in [0.5, 0.6) is 0 Å². The van der Waals surface area contributed by atoms with E-state index >= 15 is 0 Å². The topological polar surface area (TPSA) is 38.3 Å². The van der Waals surface area contributed by atoms with Crippen LogP contribution >= 0.6 is 12.6 Å². The molecular formula is C13H19NO2S. The van der Waals surface area contributed by atoms with Crippen molar-refractivity contribution >= 4 is 18.5 Å². The van der Waals surface area contributed by atoms with Crippen molar-refractivity contribution < 1.29 is 9.53 Å². The first-order chi connectivity index (χ1) is 8.13. The standard InChI is InChI=1S/C13H19NO2S/c1-10(16-2)9-14-13(15)12(17)8-11-6-4-3-5-7-11/h3-7,10,12,17H,8-9H2,1-2H3,(H,14,15). The Morgan fingerprint density at radius 3 is 2.65 bits per heavy atom. The largest absolute Gasteiger partial charge is 0.380 e. The minimum atomic E-state index is -0.318. The second-order valence-electron chi connectivity index (χ2n) is 4.00. The van der Waals surface area contributed by atoms with Crippen molar-refractivity contribution in [3.63, 3.8) is 0 Å². The second-order valence-corrected chi connectivity index (χ2v) is 4.62. The molecule has 2 unspecified atom stereocenters. The molecule has 0 saturated heterocycles. The Balaban J connectivity index is 2.37. The Kier molecular flexibility index (Phi) is 6.08. The number of nitrogens with one attached hydrogen (secondary N) is 1. The maximum atomic E-state index is 11.7. The van der Waals surface area contributed by atoms with Crippen molar-refractivity contribution in [1.82, 2.24) is 5.32 Å². The van der Waals surface area contributed by atoms with Crippen molar-refractivity contribution in [3.05, 3.63) is 35.9 Å². The number of rotatable bonds is 6. The van der Waals surface area contributed by atoms with Crippen molar-refractivity contribution in [3.8, 4) is 0 Å². The fraction of sp³-hybridized carbons (Fsp3) is 0.462. The number of benzene rings is 1. The lowest BCUT2D eigenvalue weighted by Gasteiger charge is -2.14. The van der Waals surface area contributed by atoms with Crippen LogP contribution in [0.2, 0.25) is 0 Å². The Bertz CT molecular complexity index is 343. The zero-order valence-electron chi connectivity index (χ0n) is 10.2. The van der Waals surface area contributed by atoms with Crippen LogP contribution in [-0.2, 0) is 16.0 Å². The smallest absolute Gasteiger partial charge is 0.233 e. The molecule has 0 bridgehead atoms. The van der Waals surface area contributed by atoms with Crippen LogP contribution in [0.4, 0.5) is 0 Å². The summed E-state index contributed by atoms with van der Waals surface area (Å²) in [4.78, 5) is 11.7. The van der Waals surface area contributed by atoms with Crippen LogP contribution in [0.3, 0.4) is 0 Å². The van der Waals surface area contributed by atoms with Gasteiger partial charge in [0.2, 0.25) is 5.91 Å². The molecule has 17 heavy (non-hydrogen) atoms. The van der Waals surface area contributed by atoms with Crippen LogP contribution in [0.15, 0.2) is 30.3 Å². The van der Waals surface area contributed by atoms with Gasteiger partial charge in [0.25, 0.3) is 0 Å². The van der Waals surface area contributed by atoms with Gasteiger partial charge in [0, 0.05) is 13.7 Å². The van der Waals surface area contributed by atoms with Gasteiger partial charge in [-0.15, -0.1) is 0 Å². The average Bonchev–Trinajstić information content (AvgIpc) is 2.36. The second kappa shape index (κ2) is 7.35. The van der Waals surface area contributed by atoms with Gasteiger partial charge in [0.1, 0.15) is 0 Å². The Labute approximate surface area is 108 Å². The first kappa shape index (κ1) is 14.1. The quantitative estimate of drug-likeness (QED) is 0.757. The summed E-state index contributed by atoms with van der Waals surface area (Å²) < 4.78 is 5.06. The molecule has 94 valence electrons. The average molecular weight is 253 g/mol. The van der Waals surface area contributed by atoms with Crippen LogP contribution in [0.1, 0.15) is 12.5 Å². The highest BCUT2D eigenvalue weighted by atomic mass is 32.1. The molecule has 0 aromatic heterocycles. The van der Waals surface area contributed by atoms with Crippen molar-refractivity contribution in [2.75, 3.05) is 13.7 Å². The molecule has 1 aromatic carbocycles. The van der Waals surface area contributed by atoms with Gasteiger partial charge >= 0.3 is 0 Å². The van der Waals surface area contributed by atoms with Gasteiger partial charge < -0.3 is 10.1 Å². The van der Waals surface area contributed by atoms with Gasteiger partial charge in [-0.05, 0) is 18.9 Å². The molecule has 3 nitrogen and oxygen atoms in total. The molecular weight excluding hydrogens is 234 g/mol. The molecule has 0 aliphatic rings. The van der Waals surface area contributed by atoms with Gasteiger partial charge in [-0.2, -0.15) is 12.6 Å². The summed E-state index contributed by atoms with van der Waals surface area (Å²) in [5.74, 6) is -0.0545. The predicted octanol–water partition coefficient (Wildman–Crippen LogP) is 1.68. The minimum absolute atomic E-state index is 0.0243. The summed E-state index contributed by atoms with van der Waals surface area (Å²) >= 11 is 4.32. The summed E-state index contributed by atoms with van der Waals surface area (Å²) in [6.07, 6.45) is 0.660. The van der Waals surface area contributed by atoms with Gasteiger partial charge in [-0.1, -0.05) is 30.3 Å². The van der Waals surface area contributed by atoms with Crippen molar-refractivity contribution in [2.24, 2.45) is 0 Å². The van der Waals surface area contributed by atoms with Gasteiger partial charge in [0.15, 0.2) is 0 Å². The lowest BCUT2D eigenvalue weighted by molar-refractivity contribution is -0.121. The van der Waals surface area contributed by atoms with E-state index in [4.69, 9.17) is 4.74 Å². The fourth-order valence-electron chi connectivity index (χ4n) is 1.38. The van der Waals surface area contributed by atoms with E-state index in [-0.39, 0.29) is 17.3 Å². The highest BCUT2D eigenvalue weighted by Crippen LogP contribution is 2.07. The number of thiol groups is 1. The van der Waals surface area contributed by atoms with E-state index in [2.05, 4.69) is 17.9 Å². The molecule has 0 saturated carbocycles. The van der Waals surface area contributed by atoms with E-state index in [0.717, 1.165) is 5.56 Å². The molecule has 0 radical (unpaired) electrons. The summed E-state index contributed by atoms with van der Waals surface area (Å²) in [7, 11) is 1.62. The monoisotopic (exact) mass is 253 g/mol. The molecule has 0 spiro atoms. The molecule has 2 atom stereocenters.